The second kappa shape index (κ2) is 6.39. The highest BCUT2D eigenvalue weighted by molar-refractivity contribution is 5.86. The second-order valence-corrected chi connectivity index (χ2v) is 4.51. The fourth-order valence-corrected chi connectivity index (χ4v) is 2.13. The van der Waals surface area contributed by atoms with Gasteiger partial charge in [0.2, 0.25) is 0 Å². The van der Waals surface area contributed by atoms with E-state index in [0.29, 0.717) is 12.5 Å². The van der Waals surface area contributed by atoms with Gasteiger partial charge in [0.15, 0.2) is 0 Å². The molecule has 1 aliphatic heterocycles. The van der Waals surface area contributed by atoms with E-state index >= 15 is 0 Å². The van der Waals surface area contributed by atoms with Crippen molar-refractivity contribution in [3.63, 3.8) is 0 Å². The Morgan fingerprint density at radius 2 is 2.33 bits per heavy atom. The van der Waals surface area contributed by atoms with Crippen LogP contribution in [0.5, 0.6) is 0 Å². The number of aromatic nitrogens is 1. The lowest BCUT2D eigenvalue weighted by Crippen LogP contribution is -2.28. The quantitative estimate of drug-likeness (QED) is 0.756. The summed E-state index contributed by atoms with van der Waals surface area (Å²) >= 11 is 0. The summed E-state index contributed by atoms with van der Waals surface area (Å²) in [6.07, 6.45) is 4.93. The van der Waals surface area contributed by atoms with Crippen LogP contribution >= 0.6 is 0 Å². The third-order valence-electron chi connectivity index (χ3n) is 3.06. The van der Waals surface area contributed by atoms with Gasteiger partial charge >= 0.3 is 12.0 Å². The van der Waals surface area contributed by atoms with Gasteiger partial charge in [0.25, 0.3) is 0 Å². The van der Waals surface area contributed by atoms with Crippen molar-refractivity contribution in [1.82, 2.24) is 15.6 Å². The van der Waals surface area contributed by atoms with Crippen LogP contribution in [0.2, 0.25) is 0 Å². The molecule has 6 nitrogen and oxygen atoms in total. The van der Waals surface area contributed by atoms with Crippen molar-refractivity contribution in [2.24, 2.45) is 5.92 Å². The summed E-state index contributed by atoms with van der Waals surface area (Å²) < 4.78 is 5.50. The highest BCUT2D eigenvalue weighted by Gasteiger charge is 2.16. The number of nitrogens with one attached hydrogen (secondary N) is 3. The third-order valence-corrected chi connectivity index (χ3v) is 3.06. The Hall–Kier alpha value is -1.56. The molecule has 1 aliphatic rings. The molecule has 0 bridgehead atoms. The number of rotatable bonds is 4. The Morgan fingerprint density at radius 1 is 1.56 bits per heavy atom. The summed E-state index contributed by atoms with van der Waals surface area (Å²) in [6, 6.07) is -0.0161. The van der Waals surface area contributed by atoms with Crippen LogP contribution in [0.15, 0.2) is 10.6 Å². The number of nitrogens with zero attached hydrogens (tertiary/aromatic N) is 1. The fraction of sp³-hybridized carbons (Fsp3) is 0.667. The van der Waals surface area contributed by atoms with Crippen LogP contribution in [0.3, 0.4) is 0 Å². The van der Waals surface area contributed by atoms with E-state index in [0.717, 1.165) is 25.3 Å². The van der Waals surface area contributed by atoms with E-state index in [9.17, 15) is 4.79 Å². The number of carbonyl (C=O) groups is 1. The number of oxazole rings is 1. The predicted molar refractivity (Wildman–Crippen MR) is 68.5 cm³/mol. The summed E-state index contributed by atoms with van der Waals surface area (Å²) in [5.41, 5.74) is 0. The lowest BCUT2D eigenvalue weighted by atomic mass is 9.94. The van der Waals surface area contributed by atoms with Crippen molar-refractivity contribution < 1.29 is 9.21 Å². The van der Waals surface area contributed by atoms with Crippen molar-refractivity contribution in [3.05, 3.63) is 12.0 Å². The fourth-order valence-electron chi connectivity index (χ4n) is 2.13. The molecule has 18 heavy (non-hydrogen) atoms. The summed E-state index contributed by atoms with van der Waals surface area (Å²) in [5, 5.41) is 8.52. The van der Waals surface area contributed by atoms with Crippen LogP contribution in [0.1, 0.15) is 25.5 Å². The Labute approximate surface area is 107 Å². The molecule has 100 valence electrons. The van der Waals surface area contributed by atoms with E-state index in [4.69, 9.17) is 4.42 Å². The van der Waals surface area contributed by atoms with Gasteiger partial charge in [0.1, 0.15) is 5.76 Å². The summed E-state index contributed by atoms with van der Waals surface area (Å²) in [5.74, 6) is 1.49. The summed E-state index contributed by atoms with van der Waals surface area (Å²) in [6.45, 7) is 4.58. The van der Waals surface area contributed by atoms with Crippen molar-refractivity contribution in [2.45, 2.75) is 26.2 Å². The lowest BCUT2D eigenvalue weighted by molar-refractivity contribution is 0.252. The molecule has 3 N–H and O–H groups in total. The number of piperidine rings is 1. The minimum Gasteiger partial charge on any atom is -0.428 e. The Balaban J connectivity index is 1.83. The predicted octanol–water partition coefficient (Wildman–Crippen LogP) is 1.36. The first kappa shape index (κ1) is 12.9. The highest BCUT2D eigenvalue weighted by atomic mass is 16.4. The molecule has 1 aromatic rings. The number of urea groups is 1. The smallest absolute Gasteiger partial charge is 0.322 e. The van der Waals surface area contributed by atoms with Crippen molar-refractivity contribution in [2.75, 3.05) is 25.0 Å². The van der Waals surface area contributed by atoms with Crippen LogP contribution in [0.25, 0.3) is 0 Å². The maximum Gasteiger partial charge on any atom is 0.322 e. The minimum atomic E-state index is -0.284. The Morgan fingerprint density at radius 3 is 3.06 bits per heavy atom. The molecule has 1 saturated heterocycles. The van der Waals surface area contributed by atoms with Gasteiger partial charge in [-0.1, -0.05) is 0 Å². The van der Waals surface area contributed by atoms with Gasteiger partial charge in [0.05, 0.1) is 6.20 Å². The number of carbonyl (C=O) groups excluding carboxylic acids is 1. The maximum absolute atomic E-state index is 11.3. The van der Waals surface area contributed by atoms with E-state index in [2.05, 4.69) is 20.9 Å². The average Bonchev–Trinajstić information content (AvgIpc) is 2.78. The van der Waals surface area contributed by atoms with E-state index in [1.165, 1.54) is 12.8 Å². The van der Waals surface area contributed by atoms with Crippen molar-refractivity contribution >= 4 is 12.0 Å². The molecule has 2 heterocycles. The molecule has 2 rings (SSSR count). The molecule has 0 spiro atoms. The standard InChI is InChI=1S/C12H20N4O2/c1-2-14-11(17)16-12-15-8-10(18-12)7-9-3-5-13-6-4-9/h8-9,13H,2-7H2,1H3,(H2,14,15,16,17). The largest absolute Gasteiger partial charge is 0.428 e. The summed E-state index contributed by atoms with van der Waals surface area (Å²) in [7, 11) is 0. The van der Waals surface area contributed by atoms with Crippen molar-refractivity contribution in [1.29, 1.82) is 0 Å². The van der Waals surface area contributed by atoms with Gasteiger partial charge < -0.3 is 15.1 Å². The zero-order valence-corrected chi connectivity index (χ0v) is 10.7. The molecule has 0 aliphatic carbocycles. The van der Waals surface area contributed by atoms with E-state index in [1.807, 2.05) is 6.92 Å². The van der Waals surface area contributed by atoms with Gasteiger partial charge in [-0.2, -0.15) is 0 Å². The number of amides is 2. The van der Waals surface area contributed by atoms with Crippen LogP contribution in [-0.4, -0.2) is 30.6 Å². The Kier molecular flexibility index (Phi) is 4.58. The van der Waals surface area contributed by atoms with Crippen LogP contribution in [-0.2, 0) is 6.42 Å². The third kappa shape index (κ3) is 3.73. The zero-order chi connectivity index (χ0) is 12.8. The van der Waals surface area contributed by atoms with Gasteiger partial charge in [-0.05, 0) is 38.8 Å². The first-order chi connectivity index (χ1) is 8.78. The van der Waals surface area contributed by atoms with E-state index < -0.39 is 0 Å². The van der Waals surface area contributed by atoms with Crippen LogP contribution in [0, 0.1) is 5.92 Å². The number of hydrogen-bond acceptors (Lipinski definition) is 4. The molecule has 6 heteroatoms. The van der Waals surface area contributed by atoms with Crippen LogP contribution < -0.4 is 16.0 Å². The molecule has 0 saturated carbocycles. The van der Waals surface area contributed by atoms with Gasteiger partial charge in [0, 0.05) is 13.0 Å². The van der Waals surface area contributed by atoms with Gasteiger partial charge in [-0.15, -0.1) is 0 Å². The maximum atomic E-state index is 11.3. The van der Waals surface area contributed by atoms with Crippen LogP contribution in [0.4, 0.5) is 10.8 Å². The van der Waals surface area contributed by atoms with Crippen molar-refractivity contribution in [3.8, 4) is 0 Å². The van der Waals surface area contributed by atoms with Gasteiger partial charge in [-0.3, -0.25) is 5.32 Å². The highest BCUT2D eigenvalue weighted by Crippen LogP contribution is 2.19. The molecule has 2 amide bonds. The first-order valence-corrected chi connectivity index (χ1v) is 6.48. The zero-order valence-electron chi connectivity index (χ0n) is 10.7. The monoisotopic (exact) mass is 252 g/mol. The molecular weight excluding hydrogens is 232 g/mol. The molecule has 0 unspecified atom stereocenters. The lowest BCUT2D eigenvalue weighted by Gasteiger charge is -2.21. The van der Waals surface area contributed by atoms with E-state index in [-0.39, 0.29) is 12.0 Å². The minimum absolute atomic E-state index is 0.268. The number of hydrogen-bond donors (Lipinski definition) is 3. The molecule has 0 atom stereocenters. The SMILES string of the molecule is CCNC(=O)Nc1ncc(CC2CCNCC2)o1. The topological polar surface area (TPSA) is 79.2 Å². The first-order valence-electron chi connectivity index (χ1n) is 6.48. The second-order valence-electron chi connectivity index (χ2n) is 4.51. The molecule has 0 radical (unpaired) electrons. The molecule has 1 aromatic heterocycles. The normalized spacial score (nSPS) is 16.5. The molecular formula is C12H20N4O2. The average molecular weight is 252 g/mol. The molecule has 1 fully saturated rings. The van der Waals surface area contributed by atoms with Gasteiger partial charge in [-0.25, -0.2) is 9.78 Å². The Bertz CT molecular complexity index is 385. The molecule has 0 aromatic carbocycles. The summed E-state index contributed by atoms with van der Waals surface area (Å²) in [4.78, 5) is 15.3. The number of anilines is 1. The van der Waals surface area contributed by atoms with E-state index in [1.54, 1.807) is 6.20 Å².